The number of rotatable bonds is 9. The predicted molar refractivity (Wildman–Crippen MR) is 134 cm³/mol. The van der Waals surface area contributed by atoms with Crippen LogP contribution in [-0.4, -0.2) is 78.4 Å². The van der Waals surface area contributed by atoms with Crippen molar-refractivity contribution in [3.63, 3.8) is 0 Å². The van der Waals surface area contributed by atoms with E-state index in [9.17, 15) is 14.4 Å². The lowest BCUT2D eigenvalue weighted by Crippen LogP contribution is -2.54. The largest absolute Gasteiger partial charge is 0.481 e. The molecule has 4 rings (SSSR count). The first-order valence-corrected chi connectivity index (χ1v) is 13.1. The summed E-state index contributed by atoms with van der Waals surface area (Å²) < 4.78 is 11.1. The fraction of sp³-hybridized carbons (Fsp3) is 0.423. The Bertz CT molecular complexity index is 1030. The molecule has 0 aromatic heterocycles. The Labute approximate surface area is 209 Å². The van der Waals surface area contributed by atoms with E-state index in [-0.39, 0.29) is 38.0 Å². The molecule has 1 aliphatic heterocycles. The van der Waals surface area contributed by atoms with Gasteiger partial charge < -0.3 is 24.8 Å². The molecule has 2 amide bonds. The van der Waals surface area contributed by atoms with Gasteiger partial charge in [0.1, 0.15) is 12.6 Å². The van der Waals surface area contributed by atoms with Gasteiger partial charge in [-0.25, -0.2) is 4.79 Å². The van der Waals surface area contributed by atoms with Crippen LogP contribution in [0.25, 0.3) is 11.1 Å². The van der Waals surface area contributed by atoms with Gasteiger partial charge in [-0.2, -0.15) is 11.8 Å². The van der Waals surface area contributed by atoms with Gasteiger partial charge in [-0.1, -0.05) is 48.5 Å². The first-order chi connectivity index (χ1) is 17.0. The summed E-state index contributed by atoms with van der Waals surface area (Å²) in [6.45, 7) is 0.982. The molecule has 0 saturated carbocycles. The summed E-state index contributed by atoms with van der Waals surface area (Å²) in [5, 5.41) is 11.8. The molecule has 2 aromatic carbocycles. The fourth-order valence-corrected chi connectivity index (χ4v) is 5.20. The lowest BCUT2D eigenvalue weighted by Gasteiger charge is -2.34. The maximum absolute atomic E-state index is 13.2. The van der Waals surface area contributed by atoms with Crippen LogP contribution in [0.3, 0.4) is 0 Å². The number of carbonyl (C=O) groups is 3. The lowest BCUT2D eigenvalue weighted by molar-refractivity contribution is -0.148. The van der Waals surface area contributed by atoms with E-state index in [0.717, 1.165) is 22.3 Å². The van der Waals surface area contributed by atoms with E-state index in [2.05, 4.69) is 29.6 Å². The molecule has 8 nitrogen and oxygen atoms in total. The number of carboxylic acids is 1. The minimum absolute atomic E-state index is 0.0653. The topological polar surface area (TPSA) is 105 Å². The third-order valence-corrected chi connectivity index (χ3v) is 7.04. The summed E-state index contributed by atoms with van der Waals surface area (Å²) in [4.78, 5) is 38.6. The zero-order valence-electron chi connectivity index (χ0n) is 19.6. The Morgan fingerprint density at radius 1 is 1.14 bits per heavy atom. The highest BCUT2D eigenvalue weighted by Crippen LogP contribution is 2.44. The van der Waals surface area contributed by atoms with Crippen molar-refractivity contribution in [2.75, 3.05) is 38.3 Å². The summed E-state index contributed by atoms with van der Waals surface area (Å²) in [5.74, 6) is -0.598. The number of carbonyl (C=O) groups excluding carboxylic acids is 2. The monoisotopic (exact) mass is 498 g/mol. The molecule has 2 aliphatic rings. The Morgan fingerprint density at radius 2 is 1.80 bits per heavy atom. The Balaban J connectivity index is 1.39. The third kappa shape index (κ3) is 5.97. The summed E-state index contributed by atoms with van der Waals surface area (Å²) in [5.41, 5.74) is 4.53. The molecule has 0 spiro atoms. The second-order valence-corrected chi connectivity index (χ2v) is 9.66. The van der Waals surface area contributed by atoms with E-state index in [4.69, 9.17) is 14.6 Å². The summed E-state index contributed by atoms with van der Waals surface area (Å²) in [7, 11) is 0. The molecule has 0 bridgehead atoms. The number of amides is 2. The van der Waals surface area contributed by atoms with Gasteiger partial charge in [0.15, 0.2) is 0 Å². The molecule has 2 aromatic rings. The SMILES string of the molecule is CSCC[C@@H](NC(=O)OCC1c2ccccc2-c2ccccc21)C(=O)N1CCOC(CC(=O)O)C1. The number of alkyl carbamates (subject to hydrolysis) is 1. The fourth-order valence-electron chi connectivity index (χ4n) is 4.73. The molecular weight excluding hydrogens is 468 g/mol. The van der Waals surface area contributed by atoms with Gasteiger partial charge in [-0.15, -0.1) is 0 Å². The van der Waals surface area contributed by atoms with E-state index in [1.54, 1.807) is 16.7 Å². The van der Waals surface area contributed by atoms with Gasteiger partial charge in [0.25, 0.3) is 0 Å². The van der Waals surface area contributed by atoms with Crippen LogP contribution in [0.5, 0.6) is 0 Å². The number of fused-ring (bicyclic) bond motifs is 3. The number of morpholine rings is 1. The van der Waals surface area contributed by atoms with Crippen LogP contribution in [0.2, 0.25) is 0 Å². The molecule has 186 valence electrons. The van der Waals surface area contributed by atoms with Gasteiger partial charge in [0.05, 0.1) is 19.1 Å². The third-order valence-electron chi connectivity index (χ3n) is 6.40. The lowest BCUT2D eigenvalue weighted by atomic mass is 9.98. The van der Waals surface area contributed by atoms with Crippen molar-refractivity contribution in [2.24, 2.45) is 0 Å². The number of nitrogens with one attached hydrogen (secondary N) is 1. The van der Waals surface area contributed by atoms with E-state index in [1.165, 1.54) is 0 Å². The first-order valence-electron chi connectivity index (χ1n) is 11.7. The molecular formula is C26H30N2O6S. The number of benzene rings is 2. The van der Waals surface area contributed by atoms with Crippen LogP contribution in [0.15, 0.2) is 48.5 Å². The molecule has 35 heavy (non-hydrogen) atoms. The van der Waals surface area contributed by atoms with Crippen molar-refractivity contribution < 1.29 is 29.0 Å². The van der Waals surface area contributed by atoms with Crippen molar-refractivity contribution in [1.29, 1.82) is 0 Å². The Kier molecular flexibility index (Phi) is 8.30. The van der Waals surface area contributed by atoms with Crippen molar-refractivity contribution in [3.05, 3.63) is 59.7 Å². The van der Waals surface area contributed by atoms with Crippen LogP contribution in [0.1, 0.15) is 29.9 Å². The molecule has 1 fully saturated rings. The standard InChI is InChI=1S/C26H30N2O6S/c1-35-13-10-23(25(31)28-11-12-33-17(15-28)14-24(29)30)27-26(32)34-16-22-20-8-4-2-6-18(20)19-7-3-5-9-21(19)22/h2-9,17,22-23H,10-16H2,1H3,(H,27,32)(H,29,30)/t17?,23-/m1/s1. The van der Waals surface area contributed by atoms with Crippen LogP contribution < -0.4 is 5.32 Å². The minimum Gasteiger partial charge on any atom is -0.481 e. The van der Waals surface area contributed by atoms with Gasteiger partial charge in [-0.3, -0.25) is 9.59 Å². The molecule has 1 heterocycles. The van der Waals surface area contributed by atoms with Crippen molar-refractivity contribution in [3.8, 4) is 11.1 Å². The maximum Gasteiger partial charge on any atom is 0.407 e. The van der Waals surface area contributed by atoms with Crippen molar-refractivity contribution >= 4 is 29.7 Å². The van der Waals surface area contributed by atoms with E-state index >= 15 is 0 Å². The van der Waals surface area contributed by atoms with Gasteiger partial charge in [0, 0.05) is 19.0 Å². The van der Waals surface area contributed by atoms with Crippen LogP contribution in [0, 0.1) is 0 Å². The Hall–Kier alpha value is -3.04. The predicted octanol–water partition coefficient (Wildman–Crippen LogP) is 3.35. The van der Waals surface area contributed by atoms with Gasteiger partial charge >= 0.3 is 12.1 Å². The molecule has 9 heteroatoms. The second-order valence-electron chi connectivity index (χ2n) is 8.68. The smallest absolute Gasteiger partial charge is 0.407 e. The zero-order chi connectivity index (χ0) is 24.8. The first kappa shape index (κ1) is 25.1. The minimum atomic E-state index is -0.972. The van der Waals surface area contributed by atoms with E-state index in [0.29, 0.717) is 18.7 Å². The van der Waals surface area contributed by atoms with Crippen LogP contribution in [-0.2, 0) is 19.1 Å². The van der Waals surface area contributed by atoms with E-state index < -0.39 is 24.2 Å². The van der Waals surface area contributed by atoms with Crippen molar-refractivity contribution in [2.45, 2.75) is 30.9 Å². The van der Waals surface area contributed by atoms with Crippen LogP contribution >= 0.6 is 11.8 Å². The highest BCUT2D eigenvalue weighted by Gasteiger charge is 2.32. The summed E-state index contributed by atoms with van der Waals surface area (Å²) >= 11 is 1.58. The maximum atomic E-state index is 13.2. The molecule has 1 unspecified atom stereocenters. The summed E-state index contributed by atoms with van der Waals surface area (Å²) in [6, 6.07) is 15.5. The second kappa shape index (κ2) is 11.6. The van der Waals surface area contributed by atoms with E-state index in [1.807, 2.05) is 30.5 Å². The quantitative estimate of drug-likeness (QED) is 0.546. The molecule has 1 aliphatic carbocycles. The van der Waals surface area contributed by atoms with Crippen molar-refractivity contribution in [1.82, 2.24) is 10.2 Å². The van der Waals surface area contributed by atoms with Gasteiger partial charge in [0.2, 0.25) is 5.91 Å². The summed E-state index contributed by atoms with van der Waals surface area (Å²) in [6.07, 6.45) is 1.03. The number of aliphatic carboxylic acids is 1. The molecule has 0 radical (unpaired) electrons. The average Bonchev–Trinajstić information content (AvgIpc) is 3.18. The molecule has 2 N–H and O–H groups in total. The number of ether oxygens (including phenoxy) is 2. The number of hydrogen-bond acceptors (Lipinski definition) is 6. The molecule has 1 saturated heterocycles. The Morgan fingerprint density at radius 3 is 2.43 bits per heavy atom. The number of carboxylic acid groups (broad SMARTS) is 1. The highest BCUT2D eigenvalue weighted by molar-refractivity contribution is 7.98. The normalized spacial score (nSPS) is 17.9. The number of nitrogens with zero attached hydrogens (tertiary/aromatic N) is 1. The number of hydrogen-bond donors (Lipinski definition) is 2. The highest BCUT2D eigenvalue weighted by atomic mass is 32.2. The number of thioether (sulfide) groups is 1. The van der Waals surface area contributed by atoms with Crippen LogP contribution in [0.4, 0.5) is 4.79 Å². The average molecular weight is 499 g/mol. The zero-order valence-corrected chi connectivity index (χ0v) is 20.5. The van der Waals surface area contributed by atoms with Gasteiger partial charge in [-0.05, 0) is 40.7 Å². The molecule has 2 atom stereocenters.